The number of hydrogen-bond donors (Lipinski definition) is 1. The van der Waals surface area contributed by atoms with Gasteiger partial charge in [-0.15, -0.1) is 0 Å². The van der Waals surface area contributed by atoms with Crippen LogP contribution in [0.2, 0.25) is 0 Å². The number of ether oxygens (including phenoxy) is 1. The second kappa shape index (κ2) is 4.37. The summed E-state index contributed by atoms with van der Waals surface area (Å²) in [6.07, 6.45) is 7.07. The molecule has 3 rings (SSSR count). The van der Waals surface area contributed by atoms with Crippen LogP contribution in [0, 0.1) is 0 Å². The highest BCUT2D eigenvalue weighted by molar-refractivity contribution is 5.64. The van der Waals surface area contributed by atoms with Gasteiger partial charge in [-0.25, -0.2) is 4.98 Å². The van der Waals surface area contributed by atoms with Crippen LogP contribution in [0.15, 0.2) is 49.1 Å². The summed E-state index contributed by atoms with van der Waals surface area (Å²) in [5.41, 5.74) is 8.20. The van der Waals surface area contributed by atoms with Crippen molar-refractivity contribution in [3.05, 3.63) is 54.7 Å². The molecule has 0 aliphatic rings. The van der Waals surface area contributed by atoms with Crippen molar-refractivity contribution in [1.29, 1.82) is 0 Å². The zero-order chi connectivity index (χ0) is 12.4. The topological polar surface area (TPSA) is 65.4 Å². The SMILES string of the molecule is Nc1cccn2c(COc3cccnc3)cnc12. The number of aromatic nitrogens is 3. The maximum absolute atomic E-state index is 5.84. The average Bonchev–Trinajstić information content (AvgIpc) is 2.82. The second-order valence-electron chi connectivity index (χ2n) is 3.88. The molecule has 3 heterocycles. The molecule has 0 aliphatic carbocycles. The van der Waals surface area contributed by atoms with Gasteiger partial charge in [0.15, 0.2) is 5.65 Å². The van der Waals surface area contributed by atoms with Crippen molar-refractivity contribution in [3.63, 3.8) is 0 Å². The largest absolute Gasteiger partial charge is 0.486 e. The van der Waals surface area contributed by atoms with E-state index >= 15 is 0 Å². The fraction of sp³-hybridized carbons (Fsp3) is 0.0769. The first-order valence-electron chi connectivity index (χ1n) is 5.58. The van der Waals surface area contributed by atoms with Crippen LogP contribution in [-0.2, 0) is 6.61 Å². The van der Waals surface area contributed by atoms with E-state index < -0.39 is 0 Å². The zero-order valence-electron chi connectivity index (χ0n) is 9.65. The highest BCUT2D eigenvalue weighted by Crippen LogP contribution is 2.15. The van der Waals surface area contributed by atoms with E-state index in [4.69, 9.17) is 10.5 Å². The van der Waals surface area contributed by atoms with Gasteiger partial charge >= 0.3 is 0 Å². The van der Waals surface area contributed by atoms with Gasteiger partial charge < -0.3 is 10.5 Å². The Labute approximate surface area is 104 Å². The van der Waals surface area contributed by atoms with Gasteiger partial charge in [0, 0.05) is 12.4 Å². The summed E-state index contributed by atoms with van der Waals surface area (Å²) in [7, 11) is 0. The molecule has 0 atom stereocenters. The number of pyridine rings is 2. The molecular formula is C13H12N4O. The van der Waals surface area contributed by atoms with Crippen LogP contribution >= 0.6 is 0 Å². The molecule has 0 bridgehead atoms. The fourth-order valence-electron chi connectivity index (χ4n) is 1.78. The minimum Gasteiger partial charge on any atom is -0.486 e. The molecule has 18 heavy (non-hydrogen) atoms. The lowest BCUT2D eigenvalue weighted by Crippen LogP contribution is -2.00. The third-order valence-electron chi connectivity index (χ3n) is 2.66. The summed E-state index contributed by atoms with van der Waals surface area (Å²) in [6.45, 7) is 0.427. The van der Waals surface area contributed by atoms with Gasteiger partial charge in [0.1, 0.15) is 12.4 Å². The van der Waals surface area contributed by atoms with Crippen molar-refractivity contribution in [2.24, 2.45) is 0 Å². The summed E-state index contributed by atoms with van der Waals surface area (Å²) in [5, 5.41) is 0. The average molecular weight is 240 g/mol. The van der Waals surface area contributed by atoms with Crippen molar-refractivity contribution in [3.8, 4) is 5.75 Å². The normalized spacial score (nSPS) is 10.7. The Kier molecular flexibility index (Phi) is 2.57. The molecule has 2 N–H and O–H groups in total. The smallest absolute Gasteiger partial charge is 0.160 e. The van der Waals surface area contributed by atoms with Crippen molar-refractivity contribution < 1.29 is 4.74 Å². The van der Waals surface area contributed by atoms with Crippen molar-refractivity contribution in [2.45, 2.75) is 6.61 Å². The lowest BCUT2D eigenvalue weighted by molar-refractivity contribution is 0.299. The molecule has 0 saturated heterocycles. The summed E-state index contributed by atoms with van der Waals surface area (Å²) in [4.78, 5) is 8.27. The predicted molar refractivity (Wildman–Crippen MR) is 68.2 cm³/mol. The van der Waals surface area contributed by atoms with Gasteiger partial charge in [-0.3, -0.25) is 9.38 Å². The predicted octanol–water partition coefficient (Wildman–Crippen LogP) is 1.89. The van der Waals surface area contributed by atoms with E-state index in [0.717, 1.165) is 17.1 Å². The van der Waals surface area contributed by atoms with Gasteiger partial charge in [-0.05, 0) is 24.3 Å². The highest BCUT2D eigenvalue weighted by atomic mass is 16.5. The Bertz CT molecular complexity index is 663. The maximum atomic E-state index is 5.84. The van der Waals surface area contributed by atoms with Gasteiger partial charge in [-0.2, -0.15) is 0 Å². The van der Waals surface area contributed by atoms with E-state index in [2.05, 4.69) is 9.97 Å². The first-order chi connectivity index (χ1) is 8.84. The van der Waals surface area contributed by atoms with Crippen LogP contribution < -0.4 is 10.5 Å². The molecule has 0 spiro atoms. The Hall–Kier alpha value is -2.56. The third kappa shape index (κ3) is 1.86. The summed E-state index contributed by atoms with van der Waals surface area (Å²) in [5.74, 6) is 0.733. The monoisotopic (exact) mass is 240 g/mol. The molecule has 0 aliphatic heterocycles. The summed E-state index contributed by atoms with van der Waals surface area (Å²) >= 11 is 0. The molecule has 0 saturated carbocycles. The van der Waals surface area contributed by atoms with Crippen molar-refractivity contribution >= 4 is 11.3 Å². The number of nitrogens with zero attached hydrogens (tertiary/aromatic N) is 3. The lowest BCUT2D eigenvalue weighted by atomic mass is 10.4. The number of anilines is 1. The first-order valence-corrected chi connectivity index (χ1v) is 5.58. The van der Waals surface area contributed by atoms with Crippen LogP contribution in [0.25, 0.3) is 5.65 Å². The quantitative estimate of drug-likeness (QED) is 0.759. The standard InChI is InChI=1S/C13H12N4O/c14-12-4-2-6-17-10(7-16-13(12)17)9-18-11-3-1-5-15-8-11/h1-8H,9,14H2. The highest BCUT2D eigenvalue weighted by Gasteiger charge is 2.05. The number of nitrogen functional groups attached to an aromatic ring is 1. The van der Waals surface area contributed by atoms with Gasteiger partial charge in [0.25, 0.3) is 0 Å². The van der Waals surface area contributed by atoms with E-state index in [1.807, 2.05) is 34.9 Å². The molecule has 0 unspecified atom stereocenters. The lowest BCUT2D eigenvalue weighted by Gasteiger charge is -2.05. The molecular weight excluding hydrogens is 228 g/mol. The van der Waals surface area contributed by atoms with Gasteiger partial charge in [0.2, 0.25) is 0 Å². The zero-order valence-corrected chi connectivity index (χ0v) is 9.65. The van der Waals surface area contributed by atoms with E-state index in [-0.39, 0.29) is 0 Å². The van der Waals surface area contributed by atoms with Crippen LogP contribution in [0.1, 0.15) is 5.69 Å². The summed E-state index contributed by atoms with van der Waals surface area (Å²) in [6, 6.07) is 7.41. The molecule has 5 heteroatoms. The number of imidazole rings is 1. The number of nitrogens with two attached hydrogens (primary N) is 1. The van der Waals surface area contributed by atoms with Crippen LogP contribution in [0.4, 0.5) is 5.69 Å². The van der Waals surface area contributed by atoms with Crippen LogP contribution in [0.5, 0.6) is 5.75 Å². The molecule has 3 aromatic heterocycles. The number of hydrogen-bond acceptors (Lipinski definition) is 4. The Morgan fingerprint density at radius 3 is 3.00 bits per heavy atom. The minimum absolute atomic E-state index is 0.427. The van der Waals surface area contributed by atoms with E-state index in [0.29, 0.717) is 12.3 Å². The second-order valence-corrected chi connectivity index (χ2v) is 3.88. The van der Waals surface area contributed by atoms with E-state index in [1.165, 1.54) is 0 Å². The van der Waals surface area contributed by atoms with Gasteiger partial charge in [0.05, 0.1) is 23.8 Å². The Morgan fingerprint density at radius 2 is 2.17 bits per heavy atom. The Balaban J connectivity index is 1.85. The molecule has 0 amide bonds. The Morgan fingerprint density at radius 1 is 1.22 bits per heavy atom. The molecule has 0 aromatic carbocycles. The van der Waals surface area contributed by atoms with Crippen LogP contribution in [0.3, 0.4) is 0 Å². The molecule has 0 fully saturated rings. The first kappa shape index (κ1) is 10.6. The van der Waals surface area contributed by atoms with E-state index in [1.54, 1.807) is 18.6 Å². The summed E-state index contributed by atoms with van der Waals surface area (Å²) < 4.78 is 7.56. The minimum atomic E-state index is 0.427. The number of fused-ring (bicyclic) bond motifs is 1. The molecule has 90 valence electrons. The third-order valence-corrected chi connectivity index (χ3v) is 2.66. The molecule has 0 radical (unpaired) electrons. The van der Waals surface area contributed by atoms with Crippen molar-refractivity contribution in [1.82, 2.24) is 14.4 Å². The van der Waals surface area contributed by atoms with Crippen LogP contribution in [-0.4, -0.2) is 14.4 Å². The van der Waals surface area contributed by atoms with E-state index in [9.17, 15) is 0 Å². The maximum Gasteiger partial charge on any atom is 0.160 e. The molecule has 3 aromatic rings. The number of rotatable bonds is 3. The van der Waals surface area contributed by atoms with Gasteiger partial charge in [-0.1, -0.05) is 0 Å². The van der Waals surface area contributed by atoms with Crippen molar-refractivity contribution in [2.75, 3.05) is 5.73 Å². The fourth-order valence-corrected chi connectivity index (χ4v) is 1.78. The molecule has 5 nitrogen and oxygen atoms in total.